The summed E-state index contributed by atoms with van der Waals surface area (Å²) in [7, 11) is 0. The van der Waals surface area contributed by atoms with Crippen LogP contribution in [0.2, 0.25) is 0 Å². The summed E-state index contributed by atoms with van der Waals surface area (Å²) in [5.74, 6) is 0.641. The summed E-state index contributed by atoms with van der Waals surface area (Å²) in [6, 6.07) is 9.29. The van der Waals surface area contributed by atoms with E-state index in [1.807, 2.05) is 11.8 Å². The monoisotopic (exact) mass is 482 g/mol. The van der Waals surface area contributed by atoms with Gasteiger partial charge in [0.1, 0.15) is 0 Å². The molecule has 0 aromatic heterocycles. The zero-order chi connectivity index (χ0) is 24.3. The first-order chi connectivity index (χ1) is 17.1. The van der Waals surface area contributed by atoms with E-state index in [1.54, 1.807) is 0 Å². The third kappa shape index (κ3) is 5.45. The molecule has 0 atom stereocenters. The summed E-state index contributed by atoms with van der Waals surface area (Å²) in [6.07, 6.45) is 8.84. The fraction of sp³-hybridized carbons (Fsp3) is 0.714. The Labute approximate surface area is 210 Å². The van der Waals surface area contributed by atoms with Crippen LogP contribution < -0.4 is 5.32 Å². The molecule has 7 nitrogen and oxygen atoms in total. The van der Waals surface area contributed by atoms with E-state index in [9.17, 15) is 9.59 Å². The number of piperidine rings is 2. The van der Waals surface area contributed by atoms with Gasteiger partial charge in [0, 0.05) is 44.2 Å². The van der Waals surface area contributed by atoms with Crippen LogP contribution >= 0.6 is 0 Å². The number of hydrogen-bond donors (Lipinski definition) is 1. The Bertz CT molecular complexity index is 884. The van der Waals surface area contributed by atoms with Crippen LogP contribution in [0.4, 0.5) is 9.59 Å². The highest BCUT2D eigenvalue weighted by Crippen LogP contribution is 2.42. The Hall–Kier alpha value is -2.28. The Morgan fingerprint density at radius 1 is 1.00 bits per heavy atom. The van der Waals surface area contributed by atoms with Gasteiger partial charge < -0.3 is 24.8 Å². The topological polar surface area (TPSA) is 65.1 Å². The van der Waals surface area contributed by atoms with E-state index in [0.29, 0.717) is 18.6 Å². The Morgan fingerprint density at radius 2 is 1.71 bits per heavy atom. The molecule has 35 heavy (non-hydrogen) atoms. The normalized spacial score (nSPS) is 23.3. The van der Waals surface area contributed by atoms with Crippen LogP contribution in [-0.4, -0.2) is 78.7 Å². The Morgan fingerprint density at radius 3 is 2.43 bits per heavy atom. The van der Waals surface area contributed by atoms with Gasteiger partial charge in [0.2, 0.25) is 0 Å². The Balaban J connectivity index is 1.18. The number of urea groups is 1. The van der Waals surface area contributed by atoms with Gasteiger partial charge in [0.05, 0.1) is 6.61 Å². The predicted molar refractivity (Wildman–Crippen MR) is 136 cm³/mol. The average Bonchev–Trinajstić information content (AvgIpc) is 3.39. The van der Waals surface area contributed by atoms with Gasteiger partial charge in [-0.05, 0) is 75.6 Å². The van der Waals surface area contributed by atoms with Crippen molar-refractivity contribution in [2.45, 2.75) is 76.3 Å². The quantitative estimate of drug-likeness (QED) is 0.693. The first-order valence-electron chi connectivity index (χ1n) is 13.8. The molecule has 0 radical (unpaired) electrons. The maximum atomic E-state index is 13.2. The molecule has 3 amide bonds. The number of nitrogens with one attached hydrogen (secondary N) is 1. The highest BCUT2D eigenvalue weighted by Gasteiger charge is 2.43. The lowest BCUT2D eigenvalue weighted by Crippen LogP contribution is -2.56. The molecule has 3 aliphatic heterocycles. The van der Waals surface area contributed by atoms with Crippen molar-refractivity contribution in [2.75, 3.05) is 45.9 Å². The molecule has 0 unspecified atom stereocenters. The molecule has 7 heteroatoms. The van der Waals surface area contributed by atoms with Gasteiger partial charge in [-0.1, -0.05) is 37.1 Å². The summed E-state index contributed by atoms with van der Waals surface area (Å²) < 4.78 is 5.17. The van der Waals surface area contributed by atoms with Gasteiger partial charge in [-0.25, -0.2) is 9.59 Å². The third-order valence-corrected chi connectivity index (χ3v) is 8.88. The SMILES string of the molecule is CCOC(=O)N1CCC(CN2CCC3(CC2)CN(C(=O)NC2CCCC2)Cc2ccccc23)CC1. The number of rotatable bonds is 4. The van der Waals surface area contributed by atoms with E-state index >= 15 is 0 Å². The number of fused-ring (bicyclic) bond motifs is 2. The number of carbonyl (C=O) groups excluding carboxylic acids is 2. The fourth-order valence-electron chi connectivity index (χ4n) is 6.84. The number of likely N-dealkylation sites (tertiary alicyclic amines) is 2. The molecule has 192 valence electrons. The lowest BCUT2D eigenvalue weighted by molar-refractivity contribution is 0.0721. The fourth-order valence-corrected chi connectivity index (χ4v) is 6.84. The molecule has 2 saturated heterocycles. The van der Waals surface area contributed by atoms with Crippen molar-refractivity contribution in [3.05, 3.63) is 35.4 Å². The van der Waals surface area contributed by atoms with E-state index in [2.05, 4.69) is 39.4 Å². The first kappa shape index (κ1) is 24.4. The van der Waals surface area contributed by atoms with Crippen LogP contribution in [0.1, 0.15) is 69.4 Å². The van der Waals surface area contributed by atoms with Crippen LogP contribution in [0, 0.1) is 5.92 Å². The van der Waals surface area contributed by atoms with Crippen LogP contribution in [0.25, 0.3) is 0 Å². The van der Waals surface area contributed by atoms with E-state index in [-0.39, 0.29) is 17.5 Å². The number of benzene rings is 1. The van der Waals surface area contributed by atoms with Gasteiger partial charge in [-0.15, -0.1) is 0 Å². The zero-order valence-electron chi connectivity index (χ0n) is 21.3. The summed E-state index contributed by atoms with van der Waals surface area (Å²) in [5, 5.41) is 3.32. The van der Waals surface area contributed by atoms with Crippen LogP contribution in [-0.2, 0) is 16.7 Å². The second-order valence-corrected chi connectivity index (χ2v) is 11.2. The Kier molecular flexibility index (Phi) is 7.51. The van der Waals surface area contributed by atoms with Gasteiger partial charge in [-0.2, -0.15) is 0 Å². The van der Waals surface area contributed by atoms with Crippen molar-refractivity contribution in [2.24, 2.45) is 5.92 Å². The summed E-state index contributed by atoms with van der Waals surface area (Å²) in [6.45, 7) is 8.72. The summed E-state index contributed by atoms with van der Waals surface area (Å²) in [5.41, 5.74) is 2.85. The molecule has 1 aliphatic carbocycles. The molecule has 0 bridgehead atoms. The van der Waals surface area contributed by atoms with Gasteiger partial charge >= 0.3 is 12.1 Å². The largest absolute Gasteiger partial charge is 0.450 e. The van der Waals surface area contributed by atoms with E-state index in [4.69, 9.17) is 4.74 Å². The molecule has 1 aromatic carbocycles. The van der Waals surface area contributed by atoms with Crippen LogP contribution in [0.15, 0.2) is 24.3 Å². The van der Waals surface area contributed by atoms with Crippen molar-refractivity contribution >= 4 is 12.1 Å². The van der Waals surface area contributed by atoms with Gasteiger partial charge in [0.25, 0.3) is 0 Å². The second kappa shape index (κ2) is 10.8. The number of carbonyl (C=O) groups is 2. The van der Waals surface area contributed by atoms with Gasteiger partial charge in [0.15, 0.2) is 0 Å². The molecule has 4 aliphatic rings. The molecular weight excluding hydrogens is 440 g/mol. The predicted octanol–water partition coefficient (Wildman–Crippen LogP) is 4.36. The van der Waals surface area contributed by atoms with Crippen molar-refractivity contribution in [3.63, 3.8) is 0 Å². The van der Waals surface area contributed by atoms with Crippen LogP contribution in [0.5, 0.6) is 0 Å². The minimum Gasteiger partial charge on any atom is -0.450 e. The van der Waals surface area contributed by atoms with E-state index in [1.165, 1.54) is 24.0 Å². The average molecular weight is 483 g/mol. The second-order valence-electron chi connectivity index (χ2n) is 11.2. The minimum atomic E-state index is -0.164. The third-order valence-electron chi connectivity index (χ3n) is 8.88. The smallest absolute Gasteiger partial charge is 0.409 e. The standard InChI is InChI=1S/C28H42N4O3/c1-2-35-27(34)31-15-11-22(12-16-31)19-30-17-13-28(14-18-30)21-32(20-23-7-3-6-10-25(23)28)26(33)29-24-8-4-5-9-24/h3,6-7,10,22,24H,2,4-5,8-9,11-21H2,1H3,(H,29,33). The van der Waals surface area contributed by atoms with Crippen molar-refractivity contribution < 1.29 is 14.3 Å². The molecule has 3 fully saturated rings. The number of amides is 3. The highest BCUT2D eigenvalue weighted by molar-refractivity contribution is 5.75. The van der Waals surface area contributed by atoms with E-state index < -0.39 is 0 Å². The molecule has 1 saturated carbocycles. The molecule has 1 N–H and O–H groups in total. The molecular formula is C28H42N4O3. The number of nitrogens with zero attached hydrogens (tertiary/aromatic N) is 3. The maximum absolute atomic E-state index is 13.2. The molecule has 5 rings (SSSR count). The lowest BCUT2D eigenvalue weighted by atomic mass is 9.68. The maximum Gasteiger partial charge on any atom is 0.409 e. The molecule has 1 aromatic rings. The van der Waals surface area contributed by atoms with Crippen LogP contribution in [0.3, 0.4) is 0 Å². The van der Waals surface area contributed by atoms with Crippen molar-refractivity contribution in [1.29, 1.82) is 0 Å². The number of ether oxygens (including phenoxy) is 1. The highest BCUT2D eigenvalue weighted by atomic mass is 16.6. The summed E-state index contributed by atoms with van der Waals surface area (Å²) >= 11 is 0. The van der Waals surface area contributed by atoms with Gasteiger partial charge in [-0.3, -0.25) is 0 Å². The number of hydrogen-bond acceptors (Lipinski definition) is 4. The first-order valence-corrected chi connectivity index (χ1v) is 13.8. The summed E-state index contributed by atoms with van der Waals surface area (Å²) in [4.78, 5) is 31.8. The zero-order valence-corrected chi connectivity index (χ0v) is 21.3. The van der Waals surface area contributed by atoms with Crippen molar-refractivity contribution in [3.8, 4) is 0 Å². The lowest BCUT2D eigenvalue weighted by Gasteiger charge is -2.49. The van der Waals surface area contributed by atoms with E-state index in [0.717, 1.165) is 84.3 Å². The molecule has 1 spiro atoms. The van der Waals surface area contributed by atoms with Crippen molar-refractivity contribution in [1.82, 2.24) is 20.0 Å². The minimum absolute atomic E-state index is 0.0611. The molecule has 3 heterocycles.